The van der Waals surface area contributed by atoms with E-state index in [9.17, 15) is 4.79 Å². The summed E-state index contributed by atoms with van der Waals surface area (Å²) in [5.41, 5.74) is 2.74. The molecule has 0 saturated heterocycles. The first-order valence-electron chi connectivity index (χ1n) is 5.29. The van der Waals surface area contributed by atoms with Gasteiger partial charge < -0.3 is 4.74 Å². The molecule has 0 aliphatic rings. The van der Waals surface area contributed by atoms with Gasteiger partial charge in [0.15, 0.2) is 0 Å². The van der Waals surface area contributed by atoms with Crippen molar-refractivity contribution >= 4 is 17.6 Å². The van der Waals surface area contributed by atoms with Gasteiger partial charge in [-0.15, -0.1) is 0 Å². The van der Waals surface area contributed by atoms with Crippen molar-refractivity contribution in [1.82, 2.24) is 9.97 Å². The summed E-state index contributed by atoms with van der Waals surface area (Å²) in [5, 5.41) is 0.420. The number of hydrogen-bond acceptors (Lipinski definition) is 4. The average molecular weight is 263 g/mol. The van der Waals surface area contributed by atoms with E-state index in [1.54, 1.807) is 18.2 Å². The first-order valence-corrected chi connectivity index (χ1v) is 5.67. The Balaban J connectivity index is 2.37. The van der Waals surface area contributed by atoms with Crippen LogP contribution in [0, 0.1) is 6.92 Å². The molecule has 92 valence electrons. The van der Waals surface area contributed by atoms with Gasteiger partial charge in [0, 0.05) is 6.20 Å². The number of aryl methyl sites for hydroxylation is 1. The molecule has 0 aromatic carbocycles. The van der Waals surface area contributed by atoms with Gasteiger partial charge in [-0.2, -0.15) is 0 Å². The zero-order valence-corrected chi connectivity index (χ0v) is 10.7. The number of nitrogens with zero attached hydrogens (tertiary/aromatic N) is 2. The highest BCUT2D eigenvalue weighted by Gasteiger charge is 2.08. The highest BCUT2D eigenvalue weighted by molar-refractivity contribution is 6.29. The highest BCUT2D eigenvalue weighted by atomic mass is 35.5. The van der Waals surface area contributed by atoms with Crippen LogP contribution < -0.4 is 0 Å². The number of carbonyl (C=O) groups excluding carboxylic acids is 1. The molecule has 0 aliphatic heterocycles. The quantitative estimate of drug-likeness (QED) is 0.617. The van der Waals surface area contributed by atoms with Crippen LogP contribution in [0.1, 0.15) is 15.9 Å². The van der Waals surface area contributed by atoms with E-state index in [1.165, 1.54) is 13.3 Å². The number of methoxy groups -OCH3 is 1. The maximum atomic E-state index is 11.3. The molecule has 2 rings (SSSR count). The van der Waals surface area contributed by atoms with E-state index >= 15 is 0 Å². The van der Waals surface area contributed by atoms with Crippen molar-refractivity contribution in [3.8, 4) is 11.4 Å². The van der Waals surface area contributed by atoms with Crippen LogP contribution >= 0.6 is 11.6 Å². The molecule has 5 heteroatoms. The van der Waals surface area contributed by atoms with Gasteiger partial charge in [0.1, 0.15) is 5.15 Å². The Morgan fingerprint density at radius 1 is 1.28 bits per heavy atom. The molecule has 2 aromatic heterocycles. The number of aromatic nitrogens is 2. The van der Waals surface area contributed by atoms with Crippen molar-refractivity contribution < 1.29 is 9.53 Å². The Kier molecular flexibility index (Phi) is 3.58. The number of pyridine rings is 2. The van der Waals surface area contributed by atoms with Crippen LogP contribution in [0.25, 0.3) is 11.4 Å². The molecule has 18 heavy (non-hydrogen) atoms. The molecule has 0 atom stereocenters. The highest BCUT2D eigenvalue weighted by Crippen LogP contribution is 2.19. The lowest BCUT2D eigenvalue weighted by atomic mass is 10.2. The fraction of sp³-hybridized carbons (Fsp3) is 0.154. The van der Waals surface area contributed by atoms with Gasteiger partial charge in [0.2, 0.25) is 0 Å². The van der Waals surface area contributed by atoms with E-state index in [0.717, 1.165) is 5.56 Å². The van der Waals surface area contributed by atoms with Gasteiger partial charge in [0.05, 0.1) is 24.1 Å². The Morgan fingerprint density at radius 2 is 2.06 bits per heavy atom. The standard InChI is InChI=1S/C13H11ClN2O2/c1-8-5-11(16-12(14)6-8)10-4-3-9(7-15-10)13(17)18-2/h3-7H,1-2H3. The van der Waals surface area contributed by atoms with Gasteiger partial charge in [-0.3, -0.25) is 4.98 Å². The Labute approximate surface area is 110 Å². The molecule has 2 heterocycles. The van der Waals surface area contributed by atoms with Crippen LogP contribution in [0.3, 0.4) is 0 Å². The van der Waals surface area contributed by atoms with Crippen LogP contribution in [0.5, 0.6) is 0 Å². The second-order valence-corrected chi connectivity index (χ2v) is 4.16. The minimum atomic E-state index is -0.413. The summed E-state index contributed by atoms with van der Waals surface area (Å²) in [6.45, 7) is 1.93. The summed E-state index contributed by atoms with van der Waals surface area (Å²) in [7, 11) is 1.33. The van der Waals surface area contributed by atoms with Gasteiger partial charge in [-0.25, -0.2) is 9.78 Å². The van der Waals surface area contributed by atoms with Crippen molar-refractivity contribution in [2.24, 2.45) is 0 Å². The molecule has 0 N–H and O–H groups in total. The third-order valence-electron chi connectivity index (χ3n) is 2.39. The van der Waals surface area contributed by atoms with Crippen LogP contribution in [0.15, 0.2) is 30.5 Å². The second kappa shape index (κ2) is 5.14. The number of ether oxygens (including phenoxy) is 1. The Morgan fingerprint density at radius 3 is 2.61 bits per heavy atom. The van der Waals surface area contributed by atoms with Gasteiger partial charge in [-0.1, -0.05) is 11.6 Å². The molecule has 4 nitrogen and oxygen atoms in total. The van der Waals surface area contributed by atoms with Crippen LogP contribution in [-0.2, 0) is 4.74 Å². The smallest absolute Gasteiger partial charge is 0.339 e. The Bertz CT molecular complexity index is 562. The predicted molar refractivity (Wildman–Crippen MR) is 68.6 cm³/mol. The molecule has 0 unspecified atom stereocenters. The van der Waals surface area contributed by atoms with Crippen molar-refractivity contribution in [3.05, 3.63) is 46.7 Å². The van der Waals surface area contributed by atoms with Gasteiger partial charge in [0.25, 0.3) is 0 Å². The lowest BCUT2D eigenvalue weighted by molar-refractivity contribution is 0.0600. The number of esters is 1. The minimum Gasteiger partial charge on any atom is -0.465 e. The first kappa shape index (κ1) is 12.5. The van der Waals surface area contributed by atoms with Crippen LogP contribution in [0.4, 0.5) is 0 Å². The summed E-state index contributed by atoms with van der Waals surface area (Å²) in [6, 6.07) is 7.01. The van der Waals surface area contributed by atoms with Crippen molar-refractivity contribution in [3.63, 3.8) is 0 Å². The topological polar surface area (TPSA) is 52.1 Å². The number of carbonyl (C=O) groups is 1. The third-order valence-corrected chi connectivity index (χ3v) is 2.58. The number of rotatable bonds is 2. The lowest BCUT2D eigenvalue weighted by Gasteiger charge is -2.03. The largest absolute Gasteiger partial charge is 0.465 e. The summed E-state index contributed by atoms with van der Waals surface area (Å²) >= 11 is 5.89. The summed E-state index contributed by atoms with van der Waals surface area (Å²) in [4.78, 5) is 19.6. The molecule has 0 aliphatic carbocycles. The van der Waals surface area contributed by atoms with Crippen LogP contribution in [-0.4, -0.2) is 23.0 Å². The van der Waals surface area contributed by atoms with Gasteiger partial charge in [-0.05, 0) is 36.8 Å². The summed E-state index contributed by atoms with van der Waals surface area (Å²) in [5.74, 6) is -0.413. The van der Waals surface area contributed by atoms with E-state index in [2.05, 4.69) is 14.7 Å². The van der Waals surface area contributed by atoms with Crippen LogP contribution in [0.2, 0.25) is 5.15 Å². The SMILES string of the molecule is COC(=O)c1ccc(-c2cc(C)cc(Cl)n2)nc1. The summed E-state index contributed by atoms with van der Waals surface area (Å²) in [6.07, 6.45) is 1.46. The predicted octanol–water partition coefficient (Wildman–Crippen LogP) is 2.89. The molecule has 0 saturated carbocycles. The van der Waals surface area contributed by atoms with Crippen molar-refractivity contribution in [1.29, 1.82) is 0 Å². The number of halogens is 1. The summed E-state index contributed by atoms with van der Waals surface area (Å²) < 4.78 is 4.60. The molecule has 2 aromatic rings. The Hall–Kier alpha value is -1.94. The molecule has 0 amide bonds. The maximum absolute atomic E-state index is 11.3. The second-order valence-electron chi connectivity index (χ2n) is 3.78. The fourth-order valence-corrected chi connectivity index (χ4v) is 1.80. The molecule has 0 fully saturated rings. The lowest BCUT2D eigenvalue weighted by Crippen LogP contribution is -2.01. The first-order chi connectivity index (χ1) is 8.60. The zero-order chi connectivity index (χ0) is 13.1. The minimum absolute atomic E-state index is 0.403. The molecule has 0 bridgehead atoms. The van der Waals surface area contributed by atoms with Crippen molar-refractivity contribution in [2.45, 2.75) is 6.92 Å². The monoisotopic (exact) mass is 262 g/mol. The fourth-order valence-electron chi connectivity index (χ4n) is 1.54. The molecular weight excluding hydrogens is 252 g/mol. The molecule has 0 spiro atoms. The van der Waals surface area contributed by atoms with E-state index in [0.29, 0.717) is 22.1 Å². The molecule has 0 radical (unpaired) electrons. The molecular formula is C13H11ClN2O2. The van der Waals surface area contributed by atoms with E-state index in [4.69, 9.17) is 11.6 Å². The normalized spacial score (nSPS) is 10.2. The van der Waals surface area contributed by atoms with E-state index in [-0.39, 0.29) is 0 Å². The zero-order valence-electron chi connectivity index (χ0n) is 9.98. The number of hydrogen-bond donors (Lipinski definition) is 0. The average Bonchev–Trinajstić information content (AvgIpc) is 2.37. The van der Waals surface area contributed by atoms with Crippen molar-refractivity contribution in [2.75, 3.05) is 7.11 Å². The van der Waals surface area contributed by atoms with E-state index in [1.807, 2.05) is 13.0 Å². The van der Waals surface area contributed by atoms with Gasteiger partial charge >= 0.3 is 5.97 Å². The van der Waals surface area contributed by atoms with E-state index < -0.39 is 5.97 Å². The maximum Gasteiger partial charge on any atom is 0.339 e. The third kappa shape index (κ3) is 2.65.